The fourth-order valence-corrected chi connectivity index (χ4v) is 29.3. The predicted molar refractivity (Wildman–Crippen MR) is 283 cm³/mol. The Hall–Kier alpha value is -4.33. The van der Waals surface area contributed by atoms with Gasteiger partial charge in [-0.25, -0.2) is 0 Å². The fourth-order valence-electron chi connectivity index (χ4n) is 11.2. The zero-order valence-corrected chi connectivity index (χ0v) is 43.0. The number of allylic oxidation sites excluding steroid dienone is 4. The summed E-state index contributed by atoms with van der Waals surface area (Å²) in [6.45, 7) is 14.2. The number of halogens is 4. The molecule has 64 heavy (non-hydrogen) atoms. The van der Waals surface area contributed by atoms with Gasteiger partial charge in [-0.2, -0.15) is 0 Å². The molecule has 10 rings (SSSR count). The van der Waals surface area contributed by atoms with E-state index in [4.69, 9.17) is 27.4 Å². The Kier molecular flexibility index (Phi) is 12.2. The van der Waals surface area contributed by atoms with Crippen LogP contribution in [0.15, 0.2) is 173 Å². The van der Waals surface area contributed by atoms with Gasteiger partial charge in [0.05, 0.1) is 0 Å². The van der Waals surface area contributed by atoms with E-state index in [2.05, 4.69) is 199 Å². The predicted octanol–water partition coefficient (Wildman–Crippen LogP) is 15.9. The Labute approximate surface area is 402 Å². The van der Waals surface area contributed by atoms with Crippen LogP contribution in [0.5, 0.6) is 0 Å². The van der Waals surface area contributed by atoms with E-state index in [1.54, 1.807) is 0 Å². The van der Waals surface area contributed by atoms with Crippen LogP contribution in [0.1, 0.15) is 70.2 Å². The summed E-state index contributed by atoms with van der Waals surface area (Å²) >= 11 is 8.77. The monoisotopic (exact) mass is 992 g/mol. The Bertz CT molecular complexity index is 3180. The Balaban J connectivity index is 0.00000280. The van der Waals surface area contributed by atoms with Crippen molar-refractivity contribution in [3.05, 3.63) is 205 Å². The molecule has 0 unspecified atom stereocenters. The van der Waals surface area contributed by atoms with Gasteiger partial charge in [-0.15, -0.1) is 24.8 Å². The van der Waals surface area contributed by atoms with Crippen LogP contribution in [0.3, 0.4) is 0 Å². The molecule has 5 heteroatoms. The van der Waals surface area contributed by atoms with Gasteiger partial charge in [-0.3, -0.25) is 0 Å². The first-order chi connectivity index (χ1) is 29.7. The summed E-state index contributed by atoms with van der Waals surface area (Å²) in [4.78, 5) is 0. The summed E-state index contributed by atoms with van der Waals surface area (Å²) in [7, 11) is 0. The molecule has 2 aliphatic carbocycles. The molecule has 0 aliphatic heterocycles. The van der Waals surface area contributed by atoms with Crippen molar-refractivity contribution >= 4 is 83.6 Å². The first kappa shape index (κ1) is 46.2. The second-order valence-corrected chi connectivity index (χ2v) is 33.2. The van der Waals surface area contributed by atoms with Crippen LogP contribution in [0.4, 0.5) is 0 Å². The van der Waals surface area contributed by atoms with E-state index >= 15 is 0 Å². The molecule has 322 valence electrons. The molecule has 2 aliphatic rings. The molecule has 0 radical (unpaired) electrons. The van der Waals surface area contributed by atoms with Crippen LogP contribution >= 0.6 is 48.0 Å². The first-order valence-electron chi connectivity index (χ1n) is 21.9. The molecular weight excluding hydrogens is 942 g/mol. The summed E-state index contributed by atoms with van der Waals surface area (Å²) in [5, 5.41) is 5.93. The maximum atomic E-state index is 7.23. The second kappa shape index (κ2) is 16.8. The number of benzene rings is 8. The number of rotatable bonds is 6. The van der Waals surface area contributed by atoms with Crippen molar-refractivity contribution in [2.45, 2.75) is 65.2 Å². The van der Waals surface area contributed by atoms with Crippen molar-refractivity contribution in [3.63, 3.8) is 0 Å². The van der Waals surface area contributed by atoms with E-state index in [1.807, 2.05) is 12.1 Å². The minimum absolute atomic E-state index is 0. The molecule has 0 fully saturated rings. The normalized spacial score (nSPS) is 13.6. The molecule has 0 saturated carbocycles. The van der Waals surface area contributed by atoms with Crippen LogP contribution in [0, 0.1) is 0 Å². The van der Waals surface area contributed by atoms with Crippen molar-refractivity contribution in [2.75, 3.05) is 0 Å². The van der Waals surface area contributed by atoms with Gasteiger partial charge in [0.15, 0.2) is 0 Å². The minimum atomic E-state index is -5.70. The molecule has 0 N–H and O–H groups in total. The third-order valence-corrected chi connectivity index (χ3v) is 31.2. The molecular formula is C59H54Cl4Zr. The van der Waals surface area contributed by atoms with Crippen molar-refractivity contribution in [3.8, 4) is 33.4 Å². The Morgan fingerprint density at radius 1 is 0.516 bits per heavy atom. The molecule has 0 spiro atoms. The number of fused-ring (bicyclic) bond motifs is 5. The molecule has 0 aromatic heterocycles. The van der Waals surface area contributed by atoms with E-state index in [0.29, 0.717) is 0 Å². The van der Waals surface area contributed by atoms with Crippen LogP contribution in [0.2, 0.25) is 10.0 Å². The third-order valence-electron chi connectivity index (χ3n) is 14.1. The number of hydrogen-bond acceptors (Lipinski definition) is 0. The van der Waals surface area contributed by atoms with E-state index in [0.717, 1.165) is 33.7 Å². The van der Waals surface area contributed by atoms with Gasteiger partial charge in [0, 0.05) is 0 Å². The van der Waals surface area contributed by atoms with Crippen LogP contribution in [-0.4, -0.2) is 4.21 Å². The molecule has 8 aromatic rings. The summed E-state index contributed by atoms with van der Waals surface area (Å²) in [5.41, 5.74) is 12.9. The zero-order valence-electron chi connectivity index (χ0n) is 37.4. The van der Waals surface area contributed by atoms with Gasteiger partial charge in [0.2, 0.25) is 0 Å². The van der Waals surface area contributed by atoms with Crippen molar-refractivity contribution < 1.29 is 18.3 Å². The summed E-state index contributed by atoms with van der Waals surface area (Å²) in [5.74, 6) is 0. The summed E-state index contributed by atoms with van der Waals surface area (Å²) in [6.07, 6.45) is 8.66. The Morgan fingerprint density at radius 2 is 1.02 bits per heavy atom. The van der Waals surface area contributed by atoms with E-state index in [1.165, 1.54) is 79.5 Å². The average Bonchev–Trinajstić information content (AvgIpc) is 3.95. The molecule has 0 nitrogen and oxygen atoms in total. The van der Waals surface area contributed by atoms with Gasteiger partial charge in [0.25, 0.3) is 0 Å². The van der Waals surface area contributed by atoms with Crippen LogP contribution in [0.25, 0.3) is 54.9 Å². The van der Waals surface area contributed by atoms with Gasteiger partial charge >= 0.3 is 381 Å². The molecule has 0 amide bonds. The molecule has 0 bridgehead atoms. The second-order valence-electron chi connectivity index (χ2n) is 19.7. The summed E-state index contributed by atoms with van der Waals surface area (Å²) < 4.78 is 11.6. The standard InChI is InChI=1S/C33H33.2C10H6Cl.C5H5.CH2.2ClH.Zr/c1-32(2,3)30-20-26-24(18-28(30)22-13-9-7-10-14-22)17-25-19-29(23-15-11-8-12-16-23)31(21-27(25)26)33(4,5)6;2*11-10-7-3-5-8-4-1-2-6-9(8)10;1-2-4-5-3-1;;;;/h7-16,18,20-21H,17H2,1-6H3;2*1-3,5-7H;1-3H,4H2;1H2;2*1H;. The van der Waals surface area contributed by atoms with Gasteiger partial charge in [-0.05, 0) is 0 Å². The van der Waals surface area contributed by atoms with Crippen LogP contribution < -0.4 is 9.81 Å². The van der Waals surface area contributed by atoms with E-state index < -0.39 is 18.3 Å². The SMILES string of the molecule is Cl.Cl.[CH2]=[Zr]([C]1=CC=CC1)([c]1c2c(cc(C(C)(C)C)c1-c1ccccc1)-c1cc(C(C)(C)C)c(-c3ccccc3)cc1C2)([c]1cccc2c(Cl)cccc12)[c]1cccc2c(Cl)cccc12. The van der Waals surface area contributed by atoms with Gasteiger partial charge in [0.1, 0.15) is 0 Å². The summed E-state index contributed by atoms with van der Waals surface area (Å²) in [6, 6.07) is 56.3. The van der Waals surface area contributed by atoms with Gasteiger partial charge in [-0.1, -0.05) is 0 Å². The van der Waals surface area contributed by atoms with Crippen molar-refractivity contribution in [2.24, 2.45) is 0 Å². The number of hydrogen-bond donors (Lipinski definition) is 0. The fraction of sp³-hybridized carbons (Fsp3) is 0.169. The average molecular weight is 996 g/mol. The quantitative estimate of drug-likeness (QED) is 0.156. The maximum absolute atomic E-state index is 7.23. The molecule has 8 aromatic carbocycles. The molecule has 0 saturated heterocycles. The van der Waals surface area contributed by atoms with Crippen molar-refractivity contribution in [1.82, 2.24) is 0 Å². The van der Waals surface area contributed by atoms with E-state index in [-0.39, 0.29) is 35.6 Å². The van der Waals surface area contributed by atoms with Crippen LogP contribution in [-0.2, 0) is 35.5 Å². The van der Waals surface area contributed by atoms with E-state index in [9.17, 15) is 0 Å². The van der Waals surface area contributed by atoms with Crippen molar-refractivity contribution in [1.29, 1.82) is 0 Å². The Morgan fingerprint density at radius 3 is 1.53 bits per heavy atom. The molecule has 0 atom stereocenters. The first-order valence-corrected chi connectivity index (χ1v) is 29.3. The zero-order chi connectivity index (χ0) is 43.2. The van der Waals surface area contributed by atoms with Gasteiger partial charge < -0.3 is 0 Å². The molecule has 0 heterocycles. The third kappa shape index (κ3) is 7.00. The topological polar surface area (TPSA) is 0 Å².